The van der Waals surface area contributed by atoms with Crippen LogP contribution in [-0.2, 0) is 11.2 Å². The predicted octanol–water partition coefficient (Wildman–Crippen LogP) is 1.12. The molecule has 0 saturated carbocycles. The van der Waals surface area contributed by atoms with Crippen LogP contribution in [0.2, 0.25) is 0 Å². The predicted molar refractivity (Wildman–Crippen MR) is 91.4 cm³/mol. The number of hydrogen-bond donors (Lipinski definition) is 3. The van der Waals surface area contributed by atoms with Gasteiger partial charge in [0.2, 0.25) is 11.9 Å². The zero-order valence-corrected chi connectivity index (χ0v) is 13.7. The quantitative estimate of drug-likeness (QED) is 0.706. The molecule has 2 rings (SSSR count). The number of carbonyl (C=O) groups is 2. The summed E-state index contributed by atoms with van der Waals surface area (Å²) in [6, 6.07) is 8.75. The zero-order chi connectivity index (χ0) is 17.5. The Kier molecular flexibility index (Phi) is 5.83. The molecule has 1 atom stereocenters. The topological polar surface area (TPSA) is 110 Å². The maximum absolute atomic E-state index is 12.3. The van der Waals surface area contributed by atoms with E-state index < -0.39 is 17.9 Å². The molecule has 24 heavy (non-hydrogen) atoms. The molecule has 4 N–H and O–H groups in total. The average Bonchev–Trinajstić information content (AvgIpc) is 2.55. The summed E-state index contributed by atoms with van der Waals surface area (Å²) in [5.41, 5.74) is 6.57. The molecule has 0 saturated heterocycles. The van der Waals surface area contributed by atoms with E-state index in [0.29, 0.717) is 12.4 Å². The Hall–Kier alpha value is -2.96. The van der Waals surface area contributed by atoms with E-state index in [1.165, 1.54) is 12.4 Å². The molecule has 1 aromatic carbocycles. The normalized spacial score (nSPS) is 11.8. The van der Waals surface area contributed by atoms with E-state index in [4.69, 9.17) is 5.73 Å². The van der Waals surface area contributed by atoms with E-state index >= 15 is 0 Å². The highest BCUT2D eigenvalue weighted by molar-refractivity contribution is 5.97. The molecule has 0 aliphatic rings. The highest BCUT2D eigenvalue weighted by Gasteiger charge is 2.20. The van der Waals surface area contributed by atoms with Gasteiger partial charge >= 0.3 is 0 Å². The molecule has 126 valence electrons. The average molecular weight is 327 g/mol. The molecule has 0 radical (unpaired) electrons. The molecule has 2 amide bonds. The van der Waals surface area contributed by atoms with E-state index in [1.54, 1.807) is 0 Å². The second kappa shape index (κ2) is 8.05. The Morgan fingerprint density at radius 2 is 1.75 bits per heavy atom. The highest BCUT2D eigenvalue weighted by atomic mass is 16.2. The van der Waals surface area contributed by atoms with Crippen LogP contribution in [0.4, 0.5) is 5.95 Å². The Morgan fingerprint density at radius 1 is 1.12 bits per heavy atom. The summed E-state index contributed by atoms with van der Waals surface area (Å²) in [6.45, 7) is 3.93. The number of carbonyl (C=O) groups excluding carboxylic acids is 2. The molecule has 0 aliphatic heterocycles. The molecule has 1 heterocycles. The molecular weight excluding hydrogens is 306 g/mol. The van der Waals surface area contributed by atoms with Gasteiger partial charge in [0.05, 0.1) is 5.56 Å². The first-order valence-corrected chi connectivity index (χ1v) is 7.68. The van der Waals surface area contributed by atoms with E-state index in [0.717, 1.165) is 5.56 Å². The molecule has 7 heteroatoms. The lowest BCUT2D eigenvalue weighted by atomic mass is 10.1. The minimum absolute atomic E-state index is 0.190. The molecule has 0 bridgehead atoms. The van der Waals surface area contributed by atoms with Gasteiger partial charge < -0.3 is 16.4 Å². The number of benzene rings is 1. The summed E-state index contributed by atoms with van der Waals surface area (Å²) in [6.07, 6.45) is 3.15. The number of rotatable bonds is 7. The monoisotopic (exact) mass is 327 g/mol. The van der Waals surface area contributed by atoms with Crippen LogP contribution in [-0.4, -0.2) is 33.9 Å². The van der Waals surface area contributed by atoms with Gasteiger partial charge in [-0.25, -0.2) is 9.97 Å². The minimum Gasteiger partial charge on any atom is -0.368 e. The number of nitrogens with zero attached hydrogens (tertiary/aromatic N) is 2. The number of aromatic nitrogens is 2. The van der Waals surface area contributed by atoms with Gasteiger partial charge in [-0.2, -0.15) is 0 Å². The fraction of sp³-hybridized carbons (Fsp3) is 0.294. The fourth-order valence-corrected chi connectivity index (χ4v) is 2.09. The summed E-state index contributed by atoms with van der Waals surface area (Å²) in [5.74, 6) is -0.589. The summed E-state index contributed by atoms with van der Waals surface area (Å²) >= 11 is 0. The maximum Gasteiger partial charge on any atom is 0.255 e. The maximum atomic E-state index is 12.3. The number of anilines is 1. The number of hydrogen-bond acceptors (Lipinski definition) is 5. The standard InChI is InChI=1S/C17H21N5O2/c1-11(2)21-17-19-9-13(10-20-17)16(24)22-14(15(18)23)8-12-6-4-3-5-7-12/h3-7,9-11,14H,8H2,1-2H3,(H2,18,23)(H,22,24)(H,19,20,21)/t14-/m0/s1. The van der Waals surface area contributed by atoms with Gasteiger partial charge in [-0.05, 0) is 19.4 Å². The molecule has 0 aliphatic carbocycles. The van der Waals surface area contributed by atoms with Crippen LogP contribution in [0, 0.1) is 0 Å². The van der Waals surface area contributed by atoms with Crippen molar-refractivity contribution in [2.75, 3.05) is 5.32 Å². The van der Waals surface area contributed by atoms with E-state index in [-0.39, 0.29) is 11.6 Å². The van der Waals surface area contributed by atoms with Gasteiger partial charge in [0.15, 0.2) is 0 Å². The van der Waals surface area contributed by atoms with Crippen LogP contribution in [0.5, 0.6) is 0 Å². The smallest absolute Gasteiger partial charge is 0.255 e. The van der Waals surface area contributed by atoms with Crippen LogP contribution in [0.15, 0.2) is 42.7 Å². The second-order valence-electron chi connectivity index (χ2n) is 5.71. The van der Waals surface area contributed by atoms with Gasteiger partial charge in [0, 0.05) is 24.9 Å². The Balaban J connectivity index is 2.03. The van der Waals surface area contributed by atoms with E-state index in [2.05, 4.69) is 20.6 Å². The Labute approximate surface area is 140 Å². The lowest BCUT2D eigenvalue weighted by Gasteiger charge is -2.15. The van der Waals surface area contributed by atoms with Gasteiger partial charge in [-0.15, -0.1) is 0 Å². The Bertz CT molecular complexity index is 686. The number of amides is 2. The van der Waals surface area contributed by atoms with Crippen LogP contribution in [0.25, 0.3) is 0 Å². The molecule has 7 nitrogen and oxygen atoms in total. The third-order valence-corrected chi connectivity index (χ3v) is 3.26. The van der Waals surface area contributed by atoms with Crippen molar-refractivity contribution in [1.29, 1.82) is 0 Å². The van der Waals surface area contributed by atoms with Crippen molar-refractivity contribution in [2.24, 2.45) is 5.73 Å². The molecule has 0 unspecified atom stereocenters. The first kappa shape index (κ1) is 17.4. The van der Waals surface area contributed by atoms with Gasteiger partial charge in [0.25, 0.3) is 5.91 Å². The first-order valence-electron chi connectivity index (χ1n) is 7.68. The molecule has 1 aromatic heterocycles. The van der Waals surface area contributed by atoms with Crippen molar-refractivity contribution in [3.05, 3.63) is 53.9 Å². The SMILES string of the molecule is CC(C)Nc1ncc(C(=O)N[C@@H](Cc2ccccc2)C(N)=O)cn1. The van der Waals surface area contributed by atoms with Gasteiger partial charge in [-0.3, -0.25) is 9.59 Å². The fourth-order valence-electron chi connectivity index (χ4n) is 2.09. The van der Waals surface area contributed by atoms with Crippen LogP contribution in [0.3, 0.4) is 0 Å². The molecule has 0 spiro atoms. The van der Waals surface area contributed by atoms with Crippen molar-refractivity contribution >= 4 is 17.8 Å². The molecular formula is C17H21N5O2. The number of nitrogens with one attached hydrogen (secondary N) is 2. The highest BCUT2D eigenvalue weighted by Crippen LogP contribution is 2.06. The number of nitrogens with two attached hydrogens (primary N) is 1. The molecule has 2 aromatic rings. The van der Waals surface area contributed by atoms with E-state index in [1.807, 2.05) is 44.2 Å². The van der Waals surface area contributed by atoms with Crippen molar-refractivity contribution in [1.82, 2.24) is 15.3 Å². The van der Waals surface area contributed by atoms with Crippen molar-refractivity contribution in [2.45, 2.75) is 32.4 Å². The van der Waals surface area contributed by atoms with Crippen molar-refractivity contribution in [3.63, 3.8) is 0 Å². The largest absolute Gasteiger partial charge is 0.368 e. The van der Waals surface area contributed by atoms with Crippen molar-refractivity contribution < 1.29 is 9.59 Å². The Morgan fingerprint density at radius 3 is 2.29 bits per heavy atom. The van der Waals surface area contributed by atoms with E-state index in [9.17, 15) is 9.59 Å². The second-order valence-corrected chi connectivity index (χ2v) is 5.71. The minimum atomic E-state index is -0.798. The van der Waals surface area contributed by atoms with Crippen molar-refractivity contribution in [3.8, 4) is 0 Å². The summed E-state index contributed by atoms with van der Waals surface area (Å²) < 4.78 is 0. The van der Waals surface area contributed by atoms with Crippen LogP contribution >= 0.6 is 0 Å². The van der Waals surface area contributed by atoms with Gasteiger partial charge in [0.1, 0.15) is 6.04 Å². The third-order valence-electron chi connectivity index (χ3n) is 3.26. The third kappa shape index (κ3) is 5.05. The summed E-state index contributed by atoms with van der Waals surface area (Å²) in [5, 5.41) is 5.66. The first-order chi connectivity index (χ1) is 11.5. The molecule has 0 fully saturated rings. The van der Waals surface area contributed by atoms with Crippen LogP contribution < -0.4 is 16.4 Å². The van der Waals surface area contributed by atoms with Crippen LogP contribution in [0.1, 0.15) is 29.8 Å². The summed E-state index contributed by atoms with van der Waals surface area (Å²) in [4.78, 5) is 32.0. The summed E-state index contributed by atoms with van der Waals surface area (Å²) in [7, 11) is 0. The number of primary amides is 1. The lowest BCUT2D eigenvalue weighted by Crippen LogP contribution is -2.45. The lowest BCUT2D eigenvalue weighted by molar-refractivity contribution is -0.119. The zero-order valence-electron chi connectivity index (χ0n) is 13.7. The van der Waals surface area contributed by atoms with Gasteiger partial charge in [-0.1, -0.05) is 30.3 Å².